The second kappa shape index (κ2) is 8.44. The van der Waals surface area contributed by atoms with Crippen LogP contribution in [-0.4, -0.2) is 21.1 Å². The van der Waals surface area contributed by atoms with E-state index in [1.165, 1.54) is 11.3 Å². The van der Waals surface area contributed by atoms with E-state index in [1.54, 1.807) is 6.33 Å². The van der Waals surface area contributed by atoms with Crippen LogP contribution in [0.5, 0.6) is 0 Å². The minimum absolute atomic E-state index is 0.715. The van der Waals surface area contributed by atoms with Gasteiger partial charge in [0.15, 0.2) is 0 Å². The number of nitrogens with zero attached hydrogens (tertiary/aromatic N) is 3. The van der Waals surface area contributed by atoms with Crippen LogP contribution in [0.3, 0.4) is 0 Å². The molecule has 148 valence electrons. The van der Waals surface area contributed by atoms with Gasteiger partial charge >= 0.3 is 0 Å². The second-order valence-electron chi connectivity index (χ2n) is 7.12. The first-order valence-corrected chi connectivity index (χ1v) is 10.3. The molecule has 2 aromatic carbocycles. The first-order chi connectivity index (χ1) is 14.0. The zero-order valence-electron chi connectivity index (χ0n) is 16.4. The number of anilines is 1. The quantitative estimate of drug-likeness (QED) is 0.409. The maximum Gasteiger partial charge on any atom is 0.146 e. The lowest BCUT2D eigenvalue weighted by molar-refractivity contribution is 0.790. The van der Waals surface area contributed by atoms with E-state index in [0.717, 1.165) is 51.0 Å². The Balaban J connectivity index is 1.62. The highest BCUT2D eigenvalue weighted by atomic mass is 35.5. The van der Waals surface area contributed by atoms with E-state index in [1.807, 2.05) is 36.4 Å². The van der Waals surface area contributed by atoms with Gasteiger partial charge in [-0.2, -0.15) is 0 Å². The van der Waals surface area contributed by atoms with E-state index in [2.05, 4.69) is 45.8 Å². The van der Waals surface area contributed by atoms with Gasteiger partial charge in [-0.25, -0.2) is 9.97 Å². The van der Waals surface area contributed by atoms with Crippen molar-refractivity contribution in [2.75, 3.05) is 11.9 Å². The van der Waals surface area contributed by atoms with E-state index in [0.29, 0.717) is 6.54 Å². The van der Waals surface area contributed by atoms with Gasteiger partial charge < -0.3 is 9.88 Å². The standard InChI is InChI=1S/C23H22Cl2N4/c1-15-16(2)29(13-17-6-5-8-19(24)12-17)23-21(15)22(27-14-28-23)26-11-10-18-7-3-4-9-20(18)25/h3-9,12,14H,10-11,13H2,1-2H3,(H,26,27,28). The molecule has 0 radical (unpaired) electrons. The fraction of sp³-hybridized carbons (Fsp3) is 0.217. The molecule has 0 bridgehead atoms. The van der Waals surface area contributed by atoms with E-state index >= 15 is 0 Å². The summed E-state index contributed by atoms with van der Waals surface area (Å²) in [5.41, 5.74) is 5.55. The van der Waals surface area contributed by atoms with Gasteiger partial charge in [-0.1, -0.05) is 53.5 Å². The molecule has 0 saturated carbocycles. The van der Waals surface area contributed by atoms with Gasteiger partial charge in [0, 0.05) is 28.8 Å². The van der Waals surface area contributed by atoms with Gasteiger partial charge in [0.25, 0.3) is 0 Å². The number of fused-ring (bicyclic) bond motifs is 1. The van der Waals surface area contributed by atoms with Crippen molar-refractivity contribution < 1.29 is 0 Å². The van der Waals surface area contributed by atoms with Crippen LogP contribution in [0.15, 0.2) is 54.9 Å². The Hall–Kier alpha value is -2.56. The van der Waals surface area contributed by atoms with Crippen molar-refractivity contribution in [2.45, 2.75) is 26.8 Å². The van der Waals surface area contributed by atoms with Crippen molar-refractivity contribution in [2.24, 2.45) is 0 Å². The zero-order valence-corrected chi connectivity index (χ0v) is 17.9. The van der Waals surface area contributed by atoms with Crippen molar-refractivity contribution in [1.82, 2.24) is 14.5 Å². The van der Waals surface area contributed by atoms with Crippen LogP contribution in [-0.2, 0) is 13.0 Å². The summed E-state index contributed by atoms with van der Waals surface area (Å²) in [5, 5.41) is 6.07. The highest BCUT2D eigenvalue weighted by Gasteiger charge is 2.16. The maximum atomic E-state index is 6.27. The average Bonchev–Trinajstić information content (AvgIpc) is 2.95. The Morgan fingerprint density at radius 1 is 1.00 bits per heavy atom. The molecule has 0 unspecified atom stereocenters. The molecule has 4 aromatic rings. The summed E-state index contributed by atoms with van der Waals surface area (Å²) in [6, 6.07) is 15.9. The predicted octanol–water partition coefficient (Wildman–Crippen LogP) is 6.06. The first-order valence-electron chi connectivity index (χ1n) is 9.56. The molecule has 1 N–H and O–H groups in total. The van der Waals surface area contributed by atoms with Gasteiger partial charge in [0.1, 0.15) is 17.8 Å². The number of benzene rings is 2. The molecule has 6 heteroatoms. The van der Waals surface area contributed by atoms with Crippen molar-refractivity contribution in [1.29, 1.82) is 0 Å². The van der Waals surface area contributed by atoms with Crippen LogP contribution < -0.4 is 5.32 Å². The summed E-state index contributed by atoms with van der Waals surface area (Å²) in [4.78, 5) is 9.09. The fourth-order valence-electron chi connectivity index (χ4n) is 3.63. The summed E-state index contributed by atoms with van der Waals surface area (Å²) in [7, 11) is 0. The van der Waals surface area contributed by atoms with Crippen molar-refractivity contribution in [3.05, 3.63) is 87.3 Å². The molecule has 0 aliphatic heterocycles. The fourth-order valence-corrected chi connectivity index (χ4v) is 4.07. The summed E-state index contributed by atoms with van der Waals surface area (Å²) in [5.74, 6) is 0.854. The van der Waals surface area contributed by atoms with E-state index in [4.69, 9.17) is 23.2 Å². The molecule has 0 amide bonds. The second-order valence-corrected chi connectivity index (χ2v) is 7.96. The van der Waals surface area contributed by atoms with E-state index < -0.39 is 0 Å². The summed E-state index contributed by atoms with van der Waals surface area (Å²) >= 11 is 12.4. The zero-order chi connectivity index (χ0) is 20.4. The maximum absolute atomic E-state index is 6.27. The largest absolute Gasteiger partial charge is 0.369 e. The highest BCUT2D eigenvalue weighted by Crippen LogP contribution is 2.29. The number of aryl methyl sites for hydroxylation is 1. The number of rotatable bonds is 6. The van der Waals surface area contributed by atoms with Crippen molar-refractivity contribution >= 4 is 40.1 Å². The smallest absolute Gasteiger partial charge is 0.146 e. The number of hydrogen-bond donors (Lipinski definition) is 1. The summed E-state index contributed by atoms with van der Waals surface area (Å²) in [6.07, 6.45) is 2.44. The molecule has 0 aliphatic carbocycles. The van der Waals surface area contributed by atoms with Crippen LogP contribution in [0.1, 0.15) is 22.4 Å². The molecular weight excluding hydrogens is 403 g/mol. The molecule has 4 nitrogen and oxygen atoms in total. The topological polar surface area (TPSA) is 42.7 Å². The lowest BCUT2D eigenvalue weighted by atomic mass is 10.1. The Labute approximate surface area is 180 Å². The van der Waals surface area contributed by atoms with Crippen molar-refractivity contribution in [3.63, 3.8) is 0 Å². The Morgan fingerprint density at radius 2 is 1.83 bits per heavy atom. The lowest BCUT2D eigenvalue weighted by Crippen LogP contribution is -2.08. The van der Waals surface area contributed by atoms with Crippen LogP contribution >= 0.6 is 23.2 Å². The van der Waals surface area contributed by atoms with Gasteiger partial charge in [0.05, 0.1) is 5.39 Å². The number of hydrogen-bond acceptors (Lipinski definition) is 3. The minimum atomic E-state index is 0.715. The van der Waals surface area contributed by atoms with Crippen molar-refractivity contribution in [3.8, 4) is 0 Å². The Morgan fingerprint density at radius 3 is 2.62 bits per heavy atom. The monoisotopic (exact) mass is 424 g/mol. The average molecular weight is 425 g/mol. The molecule has 2 aromatic heterocycles. The molecule has 0 aliphatic rings. The molecule has 29 heavy (non-hydrogen) atoms. The number of halogens is 2. The van der Waals surface area contributed by atoms with Crippen LogP contribution in [0.2, 0.25) is 10.0 Å². The van der Waals surface area contributed by atoms with E-state index in [9.17, 15) is 0 Å². The Bertz CT molecular complexity index is 1170. The molecule has 0 spiro atoms. The minimum Gasteiger partial charge on any atom is -0.369 e. The molecule has 2 heterocycles. The highest BCUT2D eigenvalue weighted by molar-refractivity contribution is 6.31. The first kappa shape index (κ1) is 19.7. The molecule has 4 rings (SSSR count). The lowest BCUT2D eigenvalue weighted by Gasteiger charge is -2.10. The summed E-state index contributed by atoms with van der Waals surface area (Å²) < 4.78 is 2.22. The van der Waals surface area contributed by atoms with Crippen LogP contribution in [0, 0.1) is 13.8 Å². The third kappa shape index (κ3) is 4.09. The molecule has 0 saturated heterocycles. The third-order valence-corrected chi connectivity index (χ3v) is 5.88. The molecule has 0 atom stereocenters. The van der Waals surface area contributed by atoms with Gasteiger partial charge in [0.2, 0.25) is 0 Å². The van der Waals surface area contributed by atoms with Gasteiger partial charge in [-0.05, 0) is 55.2 Å². The summed E-state index contributed by atoms with van der Waals surface area (Å²) in [6.45, 7) is 5.70. The third-order valence-electron chi connectivity index (χ3n) is 5.28. The predicted molar refractivity (Wildman–Crippen MR) is 121 cm³/mol. The number of nitrogens with one attached hydrogen (secondary N) is 1. The van der Waals surface area contributed by atoms with Crippen LogP contribution in [0.25, 0.3) is 11.0 Å². The molecule has 0 fully saturated rings. The SMILES string of the molecule is Cc1c(C)n(Cc2cccc(Cl)c2)c2ncnc(NCCc3ccccc3Cl)c12. The Kier molecular flexibility index (Phi) is 5.74. The van der Waals surface area contributed by atoms with E-state index in [-0.39, 0.29) is 0 Å². The normalized spacial score (nSPS) is 11.2. The number of aromatic nitrogens is 3. The van der Waals surface area contributed by atoms with Gasteiger partial charge in [-0.3, -0.25) is 0 Å². The van der Waals surface area contributed by atoms with Crippen LogP contribution in [0.4, 0.5) is 5.82 Å². The van der Waals surface area contributed by atoms with Gasteiger partial charge in [-0.15, -0.1) is 0 Å². The molecular formula is C23H22Cl2N4.